The molecule has 0 saturated carbocycles. The summed E-state index contributed by atoms with van der Waals surface area (Å²) in [6.07, 6.45) is 8.44. The van der Waals surface area contributed by atoms with Crippen LogP contribution in [0.2, 0.25) is 0 Å². The Hall–Kier alpha value is -0.120. The largest absolute Gasteiger partial charge is 0.317 e. The van der Waals surface area contributed by atoms with Gasteiger partial charge in [-0.1, -0.05) is 6.92 Å². The molecule has 0 aliphatic carbocycles. The number of rotatable bonds is 8. The Labute approximate surface area is 119 Å². The lowest BCUT2D eigenvalue weighted by Crippen LogP contribution is -2.38. The summed E-state index contributed by atoms with van der Waals surface area (Å²) in [4.78, 5) is 5.38. The fourth-order valence-electron chi connectivity index (χ4n) is 3.49. The minimum absolute atomic E-state index is 0.983. The van der Waals surface area contributed by atoms with Crippen molar-refractivity contribution in [2.24, 2.45) is 5.92 Å². The fourth-order valence-corrected chi connectivity index (χ4v) is 3.49. The summed E-state index contributed by atoms with van der Waals surface area (Å²) in [7, 11) is 0. The van der Waals surface area contributed by atoms with Gasteiger partial charge >= 0.3 is 0 Å². The van der Waals surface area contributed by atoms with Gasteiger partial charge in [0.2, 0.25) is 0 Å². The molecule has 0 unspecified atom stereocenters. The van der Waals surface area contributed by atoms with Crippen LogP contribution in [0.3, 0.4) is 0 Å². The lowest BCUT2D eigenvalue weighted by atomic mass is 9.96. The molecule has 2 aliphatic rings. The minimum atomic E-state index is 0.983. The van der Waals surface area contributed by atoms with Gasteiger partial charge in [0.15, 0.2) is 0 Å². The molecule has 1 N–H and O–H groups in total. The van der Waals surface area contributed by atoms with Gasteiger partial charge < -0.3 is 15.1 Å². The van der Waals surface area contributed by atoms with Gasteiger partial charge in [0.25, 0.3) is 0 Å². The second-order valence-electron chi connectivity index (χ2n) is 6.35. The zero-order valence-electron chi connectivity index (χ0n) is 12.9. The van der Waals surface area contributed by atoms with Gasteiger partial charge in [-0.25, -0.2) is 0 Å². The molecule has 3 heteroatoms. The van der Waals surface area contributed by atoms with Gasteiger partial charge in [-0.3, -0.25) is 0 Å². The van der Waals surface area contributed by atoms with Gasteiger partial charge in [0, 0.05) is 6.54 Å². The maximum Gasteiger partial charge on any atom is 0.00106 e. The van der Waals surface area contributed by atoms with Gasteiger partial charge in [-0.2, -0.15) is 0 Å². The molecule has 0 aromatic rings. The molecule has 0 aromatic heterocycles. The number of piperidine rings is 1. The standard InChI is InChI=1S/C16H33N3/c1-2-17-9-3-4-10-18-13-7-16(8-14-18)15-19-11-5-6-12-19/h16-17H,2-15H2,1H3. The maximum atomic E-state index is 3.41. The molecule has 2 aliphatic heterocycles. The number of nitrogens with zero attached hydrogens (tertiary/aromatic N) is 2. The summed E-state index contributed by atoms with van der Waals surface area (Å²) in [5.74, 6) is 0.983. The molecule has 0 aromatic carbocycles. The quantitative estimate of drug-likeness (QED) is 0.680. The molecular formula is C16H33N3. The van der Waals surface area contributed by atoms with E-state index >= 15 is 0 Å². The Morgan fingerprint density at radius 3 is 2.37 bits per heavy atom. The van der Waals surface area contributed by atoms with Crippen LogP contribution in [0.1, 0.15) is 45.4 Å². The van der Waals surface area contributed by atoms with E-state index in [9.17, 15) is 0 Å². The van der Waals surface area contributed by atoms with Crippen molar-refractivity contribution in [3.05, 3.63) is 0 Å². The van der Waals surface area contributed by atoms with Crippen molar-refractivity contribution in [1.29, 1.82) is 0 Å². The molecular weight excluding hydrogens is 234 g/mol. The summed E-state index contributed by atoms with van der Waals surface area (Å²) in [6, 6.07) is 0. The number of hydrogen-bond acceptors (Lipinski definition) is 3. The number of likely N-dealkylation sites (tertiary alicyclic amines) is 2. The van der Waals surface area contributed by atoms with Gasteiger partial charge in [-0.05, 0) is 90.3 Å². The van der Waals surface area contributed by atoms with Crippen molar-refractivity contribution in [3.8, 4) is 0 Å². The average Bonchev–Trinajstić information content (AvgIpc) is 2.93. The lowest BCUT2D eigenvalue weighted by molar-refractivity contribution is 0.152. The van der Waals surface area contributed by atoms with Crippen LogP contribution in [-0.4, -0.2) is 62.2 Å². The first kappa shape index (κ1) is 15.3. The van der Waals surface area contributed by atoms with Gasteiger partial charge in [0.05, 0.1) is 0 Å². The summed E-state index contributed by atoms with van der Waals surface area (Å²) in [6.45, 7) is 12.6. The van der Waals surface area contributed by atoms with Crippen LogP contribution < -0.4 is 5.32 Å². The van der Waals surface area contributed by atoms with Crippen LogP contribution in [0.15, 0.2) is 0 Å². The molecule has 19 heavy (non-hydrogen) atoms. The molecule has 0 spiro atoms. The Balaban J connectivity index is 1.50. The molecule has 2 heterocycles. The first-order valence-electron chi connectivity index (χ1n) is 8.54. The molecule has 2 rings (SSSR count). The van der Waals surface area contributed by atoms with Gasteiger partial charge in [0.1, 0.15) is 0 Å². The molecule has 0 radical (unpaired) electrons. The third-order valence-corrected chi connectivity index (χ3v) is 4.75. The Kier molecular flexibility index (Phi) is 7.18. The van der Waals surface area contributed by atoms with Crippen LogP contribution in [0.25, 0.3) is 0 Å². The van der Waals surface area contributed by atoms with E-state index < -0.39 is 0 Å². The molecule has 2 fully saturated rings. The van der Waals surface area contributed by atoms with E-state index in [1.54, 1.807) is 0 Å². The summed E-state index contributed by atoms with van der Waals surface area (Å²) >= 11 is 0. The summed E-state index contributed by atoms with van der Waals surface area (Å²) in [5.41, 5.74) is 0. The average molecular weight is 267 g/mol. The topological polar surface area (TPSA) is 18.5 Å². The predicted octanol–water partition coefficient (Wildman–Crippen LogP) is 2.18. The molecule has 0 atom stereocenters. The monoisotopic (exact) mass is 267 g/mol. The molecule has 2 saturated heterocycles. The zero-order valence-corrected chi connectivity index (χ0v) is 12.9. The smallest absolute Gasteiger partial charge is 0.00106 e. The van der Waals surface area contributed by atoms with Crippen molar-refractivity contribution in [3.63, 3.8) is 0 Å². The second kappa shape index (κ2) is 8.93. The Morgan fingerprint density at radius 2 is 1.68 bits per heavy atom. The van der Waals surface area contributed by atoms with Crippen molar-refractivity contribution in [1.82, 2.24) is 15.1 Å². The van der Waals surface area contributed by atoms with Crippen LogP contribution in [0.4, 0.5) is 0 Å². The zero-order chi connectivity index (χ0) is 13.3. The van der Waals surface area contributed by atoms with E-state index in [1.165, 1.54) is 84.3 Å². The van der Waals surface area contributed by atoms with Crippen molar-refractivity contribution < 1.29 is 0 Å². The molecule has 0 bridgehead atoms. The van der Waals surface area contributed by atoms with E-state index in [-0.39, 0.29) is 0 Å². The van der Waals surface area contributed by atoms with Crippen LogP contribution in [0.5, 0.6) is 0 Å². The second-order valence-corrected chi connectivity index (χ2v) is 6.35. The minimum Gasteiger partial charge on any atom is -0.317 e. The van der Waals surface area contributed by atoms with Gasteiger partial charge in [-0.15, -0.1) is 0 Å². The maximum absolute atomic E-state index is 3.41. The van der Waals surface area contributed by atoms with E-state index in [1.807, 2.05) is 0 Å². The van der Waals surface area contributed by atoms with Crippen molar-refractivity contribution in [2.75, 3.05) is 52.4 Å². The van der Waals surface area contributed by atoms with E-state index in [2.05, 4.69) is 22.0 Å². The van der Waals surface area contributed by atoms with Crippen molar-refractivity contribution >= 4 is 0 Å². The third-order valence-electron chi connectivity index (χ3n) is 4.75. The first-order valence-corrected chi connectivity index (χ1v) is 8.54. The highest BCUT2D eigenvalue weighted by molar-refractivity contribution is 4.77. The van der Waals surface area contributed by atoms with Crippen molar-refractivity contribution in [2.45, 2.75) is 45.4 Å². The van der Waals surface area contributed by atoms with Crippen LogP contribution >= 0.6 is 0 Å². The van der Waals surface area contributed by atoms with E-state index in [0.717, 1.165) is 12.5 Å². The third kappa shape index (κ3) is 5.80. The number of unbranched alkanes of at least 4 members (excludes halogenated alkanes) is 1. The first-order chi connectivity index (χ1) is 9.38. The predicted molar refractivity (Wildman–Crippen MR) is 82.6 cm³/mol. The molecule has 112 valence electrons. The van der Waals surface area contributed by atoms with E-state index in [4.69, 9.17) is 0 Å². The number of nitrogens with one attached hydrogen (secondary N) is 1. The fraction of sp³-hybridized carbons (Fsp3) is 1.00. The highest BCUT2D eigenvalue weighted by Crippen LogP contribution is 2.20. The molecule has 0 amide bonds. The Morgan fingerprint density at radius 1 is 0.947 bits per heavy atom. The highest BCUT2D eigenvalue weighted by atomic mass is 15.2. The number of hydrogen-bond donors (Lipinski definition) is 1. The van der Waals surface area contributed by atoms with E-state index in [0.29, 0.717) is 0 Å². The normalized spacial score (nSPS) is 23.2. The highest BCUT2D eigenvalue weighted by Gasteiger charge is 2.22. The summed E-state index contributed by atoms with van der Waals surface area (Å²) < 4.78 is 0. The summed E-state index contributed by atoms with van der Waals surface area (Å²) in [5, 5.41) is 3.41. The van der Waals surface area contributed by atoms with Crippen LogP contribution in [0, 0.1) is 5.92 Å². The van der Waals surface area contributed by atoms with Crippen LogP contribution in [-0.2, 0) is 0 Å². The SMILES string of the molecule is CCNCCCCN1CCC(CN2CCCC2)CC1. The molecule has 3 nitrogen and oxygen atoms in total. The lowest BCUT2D eigenvalue weighted by Gasteiger charge is -2.33. The Bertz CT molecular complexity index is 218.